The zero-order chi connectivity index (χ0) is 18.8. The van der Waals surface area contributed by atoms with Crippen LogP contribution in [0.3, 0.4) is 0 Å². The van der Waals surface area contributed by atoms with Gasteiger partial charge in [0.15, 0.2) is 0 Å². The van der Waals surface area contributed by atoms with Crippen molar-refractivity contribution in [1.82, 2.24) is 0 Å². The molecule has 0 amide bonds. The van der Waals surface area contributed by atoms with Crippen molar-refractivity contribution in [2.45, 2.75) is 112 Å². The number of hydrogen-bond donors (Lipinski definition) is 1. The molecule has 1 nitrogen and oxygen atoms in total. The summed E-state index contributed by atoms with van der Waals surface area (Å²) in [6, 6.07) is 0. The highest BCUT2D eigenvalue weighted by molar-refractivity contribution is 4.97. The Labute approximate surface area is 158 Å². The van der Waals surface area contributed by atoms with Gasteiger partial charge in [-0.2, -0.15) is 0 Å². The highest BCUT2D eigenvalue weighted by Gasteiger charge is 2.47. The van der Waals surface area contributed by atoms with Crippen LogP contribution >= 0.6 is 0 Å². The first-order valence-corrected chi connectivity index (χ1v) is 11.3. The molecular formula is C24H46O. The van der Waals surface area contributed by atoms with Crippen LogP contribution in [0.1, 0.15) is 106 Å². The molecule has 0 aromatic rings. The minimum Gasteiger partial charge on any atom is -0.393 e. The lowest BCUT2D eigenvalue weighted by molar-refractivity contribution is -0.0265. The van der Waals surface area contributed by atoms with E-state index in [1.165, 1.54) is 44.9 Å². The van der Waals surface area contributed by atoms with Crippen LogP contribution in [0.4, 0.5) is 0 Å². The molecule has 1 heteroatoms. The Morgan fingerprint density at radius 2 is 1.76 bits per heavy atom. The second-order valence-corrected chi connectivity index (χ2v) is 10.7. The summed E-state index contributed by atoms with van der Waals surface area (Å²) in [6.45, 7) is 17.3. The molecule has 148 valence electrons. The first-order valence-electron chi connectivity index (χ1n) is 11.3. The van der Waals surface area contributed by atoms with E-state index in [2.05, 4.69) is 48.5 Å². The molecule has 0 aliphatic heterocycles. The Morgan fingerprint density at radius 3 is 2.36 bits per heavy atom. The van der Waals surface area contributed by atoms with Crippen molar-refractivity contribution in [3.05, 3.63) is 0 Å². The van der Waals surface area contributed by atoms with Gasteiger partial charge in [-0.25, -0.2) is 0 Å². The fourth-order valence-electron chi connectivity index (χ4n) is 6.68. The maximum absolute atomic E-state index is 10.2. The van der Waals surface area contributed by atoms with Gasteiger partial charge in [0, 0.05) is 0 Å². The van der Waals surface area contributed by atoms with E-state index in [1.54, 1.807) is 0 Å². The minimum atomic E-state index is -0.0467. The van der Waals surface area contributed by atoms with Crippen LogP contribution in [0, 0.1) is 40.4 Å². The lowest BCUT2D eigenvalue weighted by Crippen LogP contribution is -2.41. The summed E-state index contributed by atoms with van der Waals surface area (Å²) in [5, 5.41) is 10.2. The van der Waals surface area contributed by atoms with Crippen LogP contribution in [0.15, 0.2) is 0 Å². The average molecular weight is 351 g/mol. The van der Waals surface area contributed by atoms with Gasteiger partial charge >= 0.3 is 0 Å². The second kappa shape index (κ2) is 8.32. The maximum Gasteiger partial charge on any atom is 0.0543 e. The fourth-order valence-corrected chi connectivity index (χ4v) is 6.68. The van der Waals surface area contributed by atoms with E-state index in [-0.39, 0.29) is 6.10 Å². The molecule has 0 radical (unpaired) electrons. The fraction of sp³-hybridized carbons (Fsp3) is 1.00. The summed E-state index contributed by atoms with van der Waals surface area (Å²) in [7, 11) is 0. The Morgan fingerprint density at radius 1 is 1.08 bits per heavy atom. The molecule has 0 aromatic heterocycles. The van der Waals surface area contributed by atoms with E-state index < -0.39 is 0 Å². The number of aliphatic hydroxyl groups excluding tert-OH is 1. The molecule has 25 heavy (non-hydrogen) atoms. The van der Waals surface area contributed by atoms with Gasteiger partial charge in [-0.1, -0.05) is 61.3 Å². The third-order valence-corrected chi connectivity index (χ3v) is 9.07. The van der Waals surface area contributed by atoms with Crippen LogP contribution in [0.25, 0.3) is 0 Å². The van der Waals surface area contributed by atoms with Crippen LogP contribution in [-0.2, 0) is 0 Å². The highest BCUT2D eigenvalue weighted by Crippen LogP contribution is 2.56. The summed E-state index contributed by atoms with van der Waals surface area (Å²) < 4.78 is 0. The molecule has 3 unspecified atom stereocenters. The minimum absolute atomic E-state index is 0.0467. The van der Waals surface area contributed by atoms with Crippen LogP contribution in [0.2, 0.25) is 0 Å². The van der Waals surface area contributed by atoms with Crippen LogP contribution in [0.5, 0.6) is 0 Å². The van der Waals surface area contributed by atoms with E-state index in [9.17, 15) is 5.11 Å². The SMILES string of the molecule is CCCC1C[C@@H](O)CC[C@]1(C)C(C)CC[C@@]1(C)C(C)CC[C@@H]1C(C)C. The van der Waals surface area contributed by atoms with E-state index in [4.69, 9.17) is 0 Å². The van der Waals surface area contributed by atoms with Crippen molar-refractivity contribution in [1.29, 1.82) is 0 Å². The summed E-state index contributed by atoms with van der Waals surface area (Å²) >= 11 is 0. The van der Waals surface area contributed by atoms with Crippen LogP contribution < -0.4 is 0 Å². The van der Waals surface area contributed by atoms with Gasteiger partial charge in [0.1, 0.15) is 0 Å². The molecule has 0 heterocycles. The van der Waals surface area contributed by atoms with Gasteiger partial charge < -0.3 is 5.11 Å². The Bertz CT molecular complexity index is 416. The summed E-state index contributed by atoms with van der Waals surface area (Å²) in [5.41, 5.74) is 0.966. The molecule has 0 saturated heterocycles. The number of aliphatic hydroxyl groups is 1. The van der Waals surface area contributed by atoms with Crippen molar-refractivity contribution in [3.63, 3.8) is 0 Å². The average Bonchev–Trinajstić information content (AvgIpc) is 2.85. The smallest absolute Gasteiger partial charge is 0.0543 e. The monoisotopic (exact) mass is 350 g/mol. The predicted octanol–water partition coefficient (Wildman–Crippen LogP) is 7.08. The lowest BCUT2D eigenvalue weighted by atomic mass is 9.57. The van der Waals surface area contributed by atoms with E-state index in [0.717, 1.165) is 36.5 Å². The largest absolute Gasteiger partial charge is 0.393 e. The molecule has 2 aliphatic rings. The second-order valence-electron chi connectivity index (χ2n) is 10.7. The Balaban J connectivity index is 2.05. The molecule has 1 N–H and O–H groups in total. The third-order valence-electron chi connectivity index (χ3n) is 9.07. The molecular weight excluding hydrogens is 304 g/mol. The van der Waals surface area contributed by atoms with E-state index >= 15 is 0 Å². The molecule has 2 fully saturated rings. The molecule has 0 bridgehead atoms. The molecule has 7 atom stereocenters. The van der Waals surface area contributed by atoms with Gasteiger partial charge in [-0.15, -0.1) is 0 Å². The van der Waals surface area contributed by atoms with Gasteiger partial charge in [0.05, 0.1) is 6.10 Å². The quantitative estimate of drug-likeness (QED) is 0.520. The van der Waals surface area contributed by atoms with E-state index in [0.29, 0.717) is 16.7 Å². The van der Waals surface area contributed by atoms with Gasteiger partial charge in [0.2, 0.25) is 0 Å². The molecule has 2 rings (SSSR count). The normalized spacial score (nSPS) is 43.6. The molecule has 2 saturated carbocycles. The predicted molar refractivity (Wildman–Crippen MR) is 110 cm³/mol. The van der Waals surface area contributed by atoms with Crippen molar-refractivity contribution in [2.24, 2.45) is 40.4 Å². The lowest BCUT2D eigenvalue weighted by Gasteiger charge is -2.49. The molecule has 0 aromatic carbocycles. The number of hydrogen-bond acceptors (Lipinski definition) is 1. The summed E-state index contributed by atoms with van der Waals surface area (Å²) in [5.74, 6) is 4.08. The maximum atomic E-state index is 10.2. The van der Waals surface area contributed by atoms with Crippen molar-refractivity contribution >= 4 is 0 Å². The van der Waals surface area contributed by atoms with E-state index in [1.807, 2.05) is 0 Å². The van der Waals surface area contributed by atoms with Crippen molar-refractivity contribution in [3.8, 4) is 0 Å². The van der Waals surface area contributed by atoms with Gasteiger partial charge in [0.25, 0.3) is 0 Å². The number of rotatable bonds is 7. The molecule has 2 aliphatic carbocycles. The van der Waals surface area contributed by atoms with Crippen LogP contribution in [-0.4, -0.2) is 11.2 Å². The van der Waals surface area contributed by atoms with Crippen molar-refractivity contribution in [2.75, 3.05) is 0 Å². The standard InChI is InChI=1S/C24H46O/c1-8-9-20-16-21(25)13-15-23(20,6)19(5)12-14-24(7)18(4)10-11-22(24)17(2)3/h17-22,25H,8-16H2,1-7H3/t18?,19?,20?,21-,22+,23+,24-/m0/s1. The Kier molecular flexibility index (Phi) is 7.08. The zero-order valence-corrected chi connectivity index (χ0v) is 18.3. The zero-order valence-electron chi connectivity index (χ0n) is 18.3. The first kappa shape index (κ1) is 21.3. The Hall–Kier alpha value is -0.0400. The molecule has 0 spiro atoms. The summed E-state index contributed by atoms with van der Waals surface area (Å²) in [6.07, 6.45) is 11.4. The summed E-state index contributed by atoms with van der Waals surface area (Å²) in [4.78, 5) is 0. The topological polar surface area (TPSA) is 20.2 Å². The third kappa shape index (κ3) is 4.28. The van der Waals surface area contributed by atoms with Gasteiger partial charge in [-0.3, -0.25) is 0 Å². The first-order chi connectivity index (χ1) is 11.6. The van der Waals surface area contributed by atoms with Crippen molar-refractivity contribution < 1.29 is 5.11 Å². The van der Waals surface area contributed by atoms with Gasteiger partial charge in [-0.05, 0) is 85.4 Å². The highest BCUT2D eigenvalue weighted by atomic mass is 16.3.